The van der Waals surface area contributed by atoms with Crippen LogP contribution in [0.2, 0.25) is 0 Å². The second-order valence-corrected chi connectivity index (χ2v) is 4.74. The smallest absolute Gasteiger partial charge is 0.161 e. The van der Waals surface area contributed by atoms with Crippen molar-refractivity contribution in [2.24, 2.45) is 0 Å². The molecule has 0 unspecified atom stereocenters. The molecular weight excluding hydrogens is 240 g/mol. The first-order valence-corrected chi connectivity index (χ1v) is 6.41. The molecule has 0 amide bonds. The lowest BCUT2D eigenvalue weighted by Gasteiger charge is -2.09. The summed E-state index contributed by atoms with van der Waals surface area (Å²) >= 11 is 0. The maximum absolute atomic E-state index is 9.81. The summed E-state index contributed by atoms with van der Waals surface area (Å²) in [7, 11) is 0. The Morgan fingerprint density at radius 1 is 1.11 bits per heavy atom. The molecule has 0 bridgehead atoms. The van der Waals surface area contributed by atoms with Gasteiger partial charge in [0.05, 0.1) is 12.7 Å². The maximum atomic E-state index is 9.81. The maximum Gasteiger partial charge on any atom is 0.161 e. The van der Waals surface area contributed by atoms with E-state index in [0.717, 1.165) is 24.2 Å². The number of rotatable bonds is 5. The Kier molecular flexibility index (Phi) is 3.38. The van der Waals surface area contributed by atoms with E-state index >= 15 is 0 Å². The molecule has 2 aromatic rings. The molecule has 98 valence electrons. The van der Waals surface area contributed by atoms with Crippen LogP contribution in [0.1, 0.15) is 11.1 Å². The van der Waals surface area contributed by atoms with E-state index in [-0.39, 0.29) is 5.75 Å². The molecule has 0 saturated carbocycles. The number of epoxide rings is 1. The molecule has 19 heavy (non-hydrogen) atoms. The zero-order chi connectivity index (χ0) is 13.1. The van der Waals surface area contributed by atoms with Crippen LogP contribution in [0.5, 0.6) is 11.5 Å². The van der Waals surface area contributed by atoms with Gasteiger partial charge in [-0.25, -0.2) is 0 Å². The number of benzene rings is 2. The van der Waals surface area contributed by atoms with Gasteiger partial charge in [0.2, 0.25) is 0 Å². The SMILES string of the molecule is Oc1ccc(C[C@H]2CO2)cc1OCc1ccccc1. The van der Waals surface area contributed by atoms with Crippen LogP contribution in [0.25, 0.3) is 0 Å². The van der Waals surface area contributed by atoms with Gasteiger partial charge in [0, 0.05) is 6.42 Å². The van der Waals surface area contributed by atoms with Crippen molar-refractivity contribution >= 4 is 0 Å². The average molecular weight is 256 g/mol. The highest BCUT2D eigenvalue weighted by molar-refractivity contribution is 5.42. The second-order valence-electron chi connectivity index (χ2n) is 4.74. The molecular formula is C16H16O3. The van der Waals surface area contributed by atoms with Crippen LogP contribution in [0.4, 0.5) is 0 Å². The summed E-state index contributed by atoms with van der Waals surface area (Å²) < 4.78 is 10.9. The van der Waals surface area contributed by atoms with E-state index in [2.05, 4.69) is 0 Å². The summed E-state index contributed by atoms with van der Waals surface area (Å²) in [5.41, 5.74) is 2.21. The average Bonchev–Trinajstić information content (AvgIpc) is 3.24. The van der Waals surface area contributed by atoms with Crippen molar-refractivity contribution in [1.29, 1.82) is 0 Å². The van der Waals surface area contributed by atoms with E-state index in [0.29, 0.717) is 18.5 Å². The third-order valence-electron chi connectivity index (χ3n) is 3.13. The van der Waals surface area contributed by atoms with E-state index in [1.165, 1.54) is 0 Å². The minimum Gasteiger partial charge on any atom is -0.504 e. The highest BCUT2D eigenvalue weighted by Crippen LogP contribution is 2.29. The lowest BCUT2D eigenvalue weighted by atomic mass is 10.1. The second kappa shape index (κ2) is 5.33. The summed E-state index contributed by atoms with van der Waals surface area (Å²) in [5.74, 6) is 0.707. The van der Waals surface area contributed by atoms with Crippen LogP contribution < -0.4 is 4.74 Å². The highest BCUT2D eigenvalue weighted by Gasteiger charge is 2.22. The Morgan fingerprint density at radius 2 is 1.89 bits per heavy atom. The van der Waals surface area contributed by atoms with Crippen molar-refractivity contribution in [2.75, 3.05) is 6.61 Å². The molecule has 1 atom stereocenters. The normalized spacial score (nSPS) is 17.2. The topological polar surface area (TPSA) is 42.0 Å². The summed E-state index contributed by atoms with van der Waals surface area (Å²) in [5, 5.41) is 9.81. The fourth-order valence-electron chi connectivity index (χ4n) is 1.99. The Hall–Kier alpha value is -2.00. The first-order chi connectivity index (χ1) is 9.31. The van der Waals surface area contributed by atoms with Gasteiger partial charge in [-0.2, -0.15) is 0 Å². The van der Waals surface area contributed by atoms with E-state index < -0.39 is 0 Å². The van der Waals surface area contributed by atoms with Gasteiger partial charge in [-0.3, -0.25) is 0 Å². The van der Waals surface area contributed by atoms with Crippen molar-refractivity contribution in [3.63, 3.8) is 0 Å². The van der Waals surface area contributed by atoms with Gasteiger partial charge in [0.15, 0.2) is 11.5 Å². The molecule has 1 fully saturated rings. The summed E-state index contributed by atoms with van der Waals surface area (Å²) in [6, 6.07) is 15.4. The quantitative estimate of drug-likeness (QED) is 0.836. The van der Waals surface area contributed by atoms with E-state index in [4.69, 9.17) is 9.47 Å². The first kappa shape index (κ1) is 12.1. The van der Waals surface area contributed by atoms with E-state index in [1.807, 2.05) is 42.5 Å². The number of hydrogen-bond acceptors (Lipinski definition) is 3. The molecule has 1 saturated heterocycles. The Labute approximate surface area is 112 Å². The third-order valence-corrected chi connectivity index (χ3v) is 3.13. The fraction of sp³-hybridized carbons (Fsp3) is 0.250. The Balaban J connectivity index is 1.68. The standard InChI is InChI=1S/C16H16O3/c17-15-7-6-13(8-14-11-18-14)9-16(15)19-10-12-4-2-1-3-5-12/h1-7,9,14,17H,8,10-11H2/t14-/m0/s1. The van der Waals surface area contributed by atoms with Crippen molar-refractivity contribution < 1.29 is 14.6 Å². The number of phenols is 1. The molecule has 1 aliphatic heterocycles. The lowest BCUT2D eigenvalue weighted by Crippen LogP contribution is -1.98. The molecule has 1 N–H and O–H groups in total. The molecule has 1 aliphatic rings. The van der Waals surface area contributed by atoms with Gasteiger partial charge in [-0.1, -0.05) is 36.4 Å². The van der Waals surface area contributed by atoms with Gasteiger partial charge in [-0.15, -0.1) is 0 Å². The van der Waals surface area contributed by atoms with Gasteiger partial charge in [0.1, 0.15) is 6.61 Å². The zero-order valence-corrected chi connectivity index (χ0v) is 10.6. The molecule has 3 rings (SSSR count). The van der Waals surface area contributed by atoms with Crippen LogP contribution in [0.3, 0.4) is 0 Å². The predicted octanol–water partition coefficient (Wildman–Crippen LogP) is 2.91. The van der Waals surface area contributed by atoms with Crippen LogP contribution in [-0.2, 0) is 17.8 Å². The molecule has 2 aromatic carbocycles. The molecule has 1 heterocycles. The number of aromatic hydroxyl groups is 1. The zero-order valence-electron chi connectivity index (χ0n) is 10.6. The summed E-state index contributed by atoms with van der Waals surface area (Å²) in [6.45, 7) is 1.29. The number of hydrogen-bond donors (Lipinski definition) is 1. The van der Waals surface area contributed by atoms with E-state index in [9.17, 15) is 5.11 Å². The minimum atomic E-state index is 0.177. The molecule has 0 spiro atoms. The lowest BCUT2D eigenvalue weighted by molar-refractivity contribution is 0.288. The van der Waals surface area contributed by atoms with Crippen LogP contribution in [0.15, 0.2) is 48.5 Å². The fourth-order valence-corrected chi connectivity index (χ4v) is 1.99. The Bertz CT molecular complexity index is 547. The molecule has 0 aliphatic carbocycles. The van der Waals surface area contributed by atoms with Crippen LogP contribution in [0, 0.1) is 0 Å². The predicted molar refractivity (Wildman–Crippen MR) is 72.3 cm³/mol. The van der Waals surface area contributed by atoms with Crippen molar-refractivity contribution in [1.82, 2.24) is 0 Å². The summed E-state index contributed by atoms with van der Waals surface area (Å²) in [6.07, 6.45) is 1.22. The van der Waals surface area contributed by atoms with Gasteiger partial charge < -0.3 is 14.6 Å². The minimum absolute atomic E-state index is 0.177. The highest BCUT2D eigenvalue weighted by atomic mass is 16.6. The van der Waals surface area contributed by atoms with E-state index in [1.54, 1.807) is 6.07 Å². The van der Waals surface area contributed by atoms with Crippen molar-refractivity contribution in [3.8, 4) is 11.5 Å². The third kappa shape index (κ3) is 3.26. The molecule has 0 aromatic heterocycles. The number of phenolic OH excluding ortho intramolecular Hbond substituents is 1. The Morgan fingerprint density at radius 3 is 2.63 bits per heavy atom. The van der Waals surface area contributed by atoms with Crippen molar-refractivity contribution in [3.05, 3.63) is 59.7 Å². The molecule has 3 heteroatoms. The van der Waals surface area contributed by atoms with Gasteiger partial charge in [-0.05, 0) is 23.3 Å². The first-order valence-electron chi connectivity index (χ1n) is 6.41. The number of ether oxygens (including phenoxy) is 2. The van der Waals surface area contributed by atoms with Crippen LogP contribution in [-0.4, -0.2) is 17.8 Å². The molecule has 3 nitrogen and oxygen atoms in total. The summed E-state index contributed by atoms with van der Waals surface area (Å²) in [4.78, 5) is 0. The van der Waals surface area contributed by atoms with Crippen molar-refractivity contribution in [2.45, 2.75) is 19.1 Å². The van der Waals surface area contributed by atoms with Crippen LogP contribution >= 0.6 is 0 Å². The molecule has 0 radical (unpaired) electrons. The monoisotopic (exact) mass is 256 g/mol. The van der Waals surface area contributed by atoms with Gasteiger partial charge in [0.25, 0.3) is 0 Å². The largest absolute Gasteiger partial charge is 0.504 e. The van der Waals surface area contributed by atoms with Gasteiger partial charge >= 0.3 is 0 Å².